The van der Waals surface area contributed by atoms with E-state index in [1.165, 1.54) is 6.08 Å². The molecule has 0 aliphatic carbocycles. The molecule has 24 heavy (non-hydrogen) atoms. The lowest BCUT2D eigenvalue weighted by molar-refractivity contribution is -0.137. The van der Waals surface area contributed by atoms with Gasteiger partial charge in [-0.2, -0.15) is 0 Å². The van der Waals surface area contributed by atoms with Gasteiger partial charge in [-0.1, -0.05) is 12.1 Å². The smallest absolute Gasteiger partial charge is 0.368 e. The van der Waals surface area contributed by atoms with E-state index in [0.717, 1.165) is 5.69 Å². The monoisotopic (exact) mass is 355 g/mol. The molecule has 0 bridgehead atoms. The van der Waals surface area contributed by atoms with Crippen LogP contribution < -0.4 is 4.90 Å². The van der Waals surface area contributed by atoms with E-state index in [1.807, 2.05) is 43.3 Å². The molecule has 0 spiro atoms. The third-order valence-corrected chi connectivity index (χ3v) is 5.19. The molecule has 0 radical (unpaired) electrons. The Balaban J connectivity index is 3.30. The van der Waals surface area contributed by atoms with Crippen molar-refractivity contribution in [3.63, 3.8) is 0 Å². The first-order valence-corrected chi connectivity index (χ1v) is 9.48. The largest absolute Gasteiger partial charge is 0.462 e. The highest BCUT2D eigenvalue weighted by molar-refractivity contribution is 7.60. The summed E-state index contributed by atoms with van der Waals surface area (Å²) >= 11 is 0. The molecule has 0 fully saturated rings. The van der Waals surface area contributed by atoms with Crippen molar-refractivity contribution in [3.05, 3.63) is 35.1 Å². The van der Waals surface area contributed by atoms with Crippen LogP contribution in [0.4, 0.5) is 5.69 Å². The standard InChI is InChI=1S/C17H26NO5P/c1-6-21-17(19)16(24(20,22-7-2)23-8-3)13-14-9-11-15(12-10-14)18(4)5/h9-13H,6-8H2,1-5H3/b16-13-. The first-order valence-electron chi connectivity index (χ1n) is 7.93. The van der Waals surface area contributed by atoms with Crippen molar-refractivity contribution in [2.75, 3.05) is 38.8 Å². The third kappa shape index (κ3) is 5.48. The number of carbonyl (C=O) groups excluding carboxylic acids is 1. The van der Waals surface area contributed by atoms with Crippen molar-refractivity contribution in [3.8, 4) is 0 Å². The average molecular weight is 355 g/mol. The number of anilines is 1. The van der Waals surface area contributed by atoms with Crippen LogP contribution in [-0.2, 0) is 23.1 Å². The Hall–Kier alpha value is -1.62. The summed E-state index contributed by atoms with van der Waals surface area (Å²) in [7, 11) is 0.140. The minimum absolute atomic E-state index is 0.0920. The molecule has 0 heterocycles. The van der Waals surface area contributed by atoms with Crippen LogP contribution >= 0.6 is 7.60 Å². The van der Waals surface area contributed by atoms with Crippen molar-refractivity contribution in [2.24, 2.45) is 0 Å². The molecule has 0 saturated carbocycles. The normalized spacial score (nSPS) is 12.1. The van der Waals surface area contributed by atoms with Gasteiger partial charge in [0, 0.05) is 19.8 Å². The summed E-state index contributed by atoms with van der Waals surface area (Å²) in [6.07, 6.45) is 1.50. The number of hydrogen-bond acceptors (Lipinski definition) is 6. The van der Waals surface area contributed by atoms with Crippen LogP contribution in [0.25, 0.3) is 6.08 Å². The van der Waals surface area contributed by atoms with E-state index in [-0.39, 0.29) is 25.1 Å². The van der Waals surface area contributed by atoms with Gasteiger partial charge in [0.25, 0.3) is 0 Å². The van der Waals surface area contributed by atoms with E-state index < -0.39 is 13.6 Å². The van der Waals surface area contributed by atoms with Crippen LogP contribution in [0.1, 0.15) is 26.3 Å². The van der Waals surface area contributed by atoms with Crippen LogP contribution in [0.5, 0.6) is 0 Å². The minimum atomic E-state index is -3.74. The summed E-state index contributed by atoms with van der Waals surface area (Å²) in [5, 5.41) is -0.0920. The summed E-state index contributed by atoms with van der Waals surface area (Å²) in [6, 6.07) is 7.47. The predicted octanol–water partition coefficient (Wildman–Crippen LogP) is 3.92. The van der Waals surface area contributed by atoms with E-state index >= 15 is 0 Å². The van der Waals surface area contributed by atoms with Crippen LogP contribution in [-0.4, -0.2) is 39.9 Å². The van der Waals surface area contributed by atoms with Gasteiger partial charge in [-0.3, -0.25) is 4.57 Å². The highest BCUT2D eigenvalue weighted by Gasteiger charge is 2.36. The van der Waals surface area contributed by atoms with E-state index in [2.05, 4.69) is 0 Å². The van der Waals surface area contributed by atoms with Gasteiger partial charge < -0.3 is 18.7 Å². The molecule has 0 unspecified atom stereocenters. The van der Waals surface area contributed by atoms with Gasteiger partial charge in [-0.05, 0) is 44.5 Å². The molecule has 0 aliphatic heterocycles. The second-order valence-electron chi connectivity index (χ2n) is 5.07. The summed E-state index contributed by atoms with van der Waals surface area (Å²) in [6.45, 7) is 5.57. The fraction of sp³-hybridized carbons (Fsp3) is 0.471. The molecule has 0 amide bonds. The molecule has 1 aromatic rings. The number of esters is 1. The number of hydrogen-bond donors (Lipinski definition) is 0. The van der Waals surface area contributed by atoms with Gasteiger partial charge >= 0.3 is 13.6 Å². The molecule has 0 aromatic heterocycles. The van der Waals surface area contributed by atoms with Crippen LogP contribution in [0, 0.1) is 0 Å². The molecule has 6 nitrogen and oxygen atoms in total. The van der Waals surface area contributed by atoms with Crippen molar-refractivity contribution >= 4 is 25.3 Å². The first kappa shape index (κ1) is 20.4. The summed E-state index contributed by atoms with van der Waals surface area (Å²) in [5.41, 5.74) is 1.73. The van der Waals surface area contributed by atoms with Gasteiger partial charge in [0.1, 0.15) is 5.31 Å². The van der Waals surface area contributed by atoms with E-state index in [0.29, 0.717) is 5.56 Å². The molecular formula is C17H26NO5P. The lowest BCUT2D eigenvalue weighted by atomic mass is 10.2. The zero-order valence-electron chi connectivity index (χ0n) is 14.9. The number of rotatable bonds is 9. The Morgan fingerprint density at radius 1 is 1.04 bits per heavy atom. The molecule has 134 valence electrons. The zero-order valence-corrected chi connectivity index (χ0v) is 15.8. The zero-order chi connectivity index (χ0) is 18.2. The fourth-order valence-electron chi connectivity index (χ4n) is 2.00. The topological polar surface area (TPSA) is 65.1 Å². The van der Waals surface area contributed by atoms with E-state index in [9.17, 15) is 9.36 Å². The second kappa shape index (κ2) is 9.62. The fourth-order valence-corrected chi connectivity index (χ4v) is 3.63. The average Bonchev–Trinajstić information content (AvgIpc) is 2.53. The maximum absolute atomic E-state index is 13.0. The molecular weight excluding hydrogens is 329 g/mol. The van der Waals surface area contributed by atoms with Crippen LogP contribution in [0.2, 0.25) is 0 Å². The SMILES string of the molecule is CCOC(=O)/C(=C/c1ccc(N(C)C)cc1)P(=O)(OCC)OCC. The van der Waals surface area contributed by atoms with Crippen molar-refractivity contribution in [1.82, 2.24) is 0 Å². The molecule has 0 N–H and O–H groups in total. The molecule has 0 saturated heterocycles. The van der Waals surface area contributed by atoms with Crippen molar-refractivity contribution in [2.45, 2.75) is 20.8 Å². The third-order valence-electron chi connectivity index (χ3n) is 3.09. The molecule has 0 aliphatic rings. The minimum Gasteiger partial charge on any atom is -0.462 e. The number of nitrogens with zero attached hydrogens (tertiary/aromatic N) is 1. The van der Waals surface area contributed by atoms with E-state index in [1.54, 1.807) is 20.8 Å². The van der Waals surface area contributed by atoms with Crippen molar-refractivity contribution in [1.29, 1.82) is 0 Å². The maximum atomic E-state index is 13.0. The Morgan fingerprint density at radius 3 is 2.00 bits per heavy atom. The van der Waals surface area contributed by atoms with Crippen molar-refractivity contribution < 1.29 is 23.1 Å². The Morgan fingerprint density at radius 2 is 1.58 bits per heavy atom. The number of ether oxygens (including phenoxy) is 1. The lowest BCUT2D eigenvalue weighted by Gasteiger charge is -2.19. The Kier molecular flexibility index (Phi) is 8.19. The van der Waals surface area contributed by atoms with Gasteiger partial charge in [0.05, 0.1) is 19.8 Å². The van der Waals surface area contributed by atoms with Gasteiger partial charge in [0.2, 0.25) is 0 Å². The molecule has 0 atom stereocenters. The molecule has 1 rings (SSSR count). The summed E-state index contributed by atoms with van der Waals surface area (Å²) in [5.74, 6) is -0.695. The Bertz CT molecular complexity index is 600. The molecule has 1 aromatic carbocycles. The highest BCUT2D eigenvalue weighted by Crippen LogP contribution is 2.57. The quantitative estimate of drug-likeness (QED) is 0.380. The maximum Gasteiger partial charge on any atom is 0.368 e. The van der Waals surface area contributed by atoms with Gasteiger partial charge in [-0.15, -0.1) is 0 Å². The number of benzene rings is 1. The summed E-state index contributed by atoms with van der Waals surface area (Å²) in [4.78, 5) is 14.3. The molecule has 7 heteroatoms. The van der Waals surface area contributed by atoms with Crippen LogP contribution in [0.3, 0.4) is 0 Å². The van der Waals surface area contributed by atoms with Crippen LogP contribution in [0.15, 0.2) is 29.6 Å². The van der Waals surface area contributed by atoms with Gasteiger partial charge in [-0.25, -0.2) is 4.79 Å². The summed E-state index contributed by atoms with van der Waals surface area (Å²) < 4.78 is 28.6. The first-order chi connectivity index (χ1) is 11.4. The van der Waals surface area contributed by atoms with E-state index in [4.69, 9.17) is 13.8 Å². The predicted molar refractivity (Wildman–Crippen MR) is 96.2 cm³/mol. The lowest BCUT2D eigenvalue weighted by Crippen LogP contribution is -2.11. The highest BCUT2D eigenvalue weighted by atomic mass is 31.2. The van der Waals surface area contributed by atoms with Gasteiger partial charge in [0.15, 0.2) is 0 Å². The number of carbonyl (C=O) groups is 1. The Labute approximate surface area is 143 Å². The second-order valence-corrected chi connectivity index (χ2v) is 7.06.